The number of fused-ring (bicyclic) bond motifs is 1. The number of carbonyl (C=O) groups is 2. The predicted molar refractivity (Wildman–Crippen MR) is 132 cm³/mol. The molecule has 2 aromatic carbocycles. The topological polar surface area (TPSA) is 72.3 Å². The van der Waals surface area contributed by atoms with Gasteiger partial charge in [-0.25, -0.2) is 0 Å². The molecule has 0 atom stereocenters. The summed E-state index contributed by atoms with van der Waals surface area (Å²) in [6, 6.07) is 22.1. The summed E-state index contributed by atoms with van der Waals surface area (Å²) in [4.78, 5) is 38.6. The maximum Gasteiger partial charge on any atom is 0.193 e. The van der Waals surface area contributed by atoms with Gasteiger partial charge in [0.2, 0.25) is 0 Å². The van der Waals surface area contributed by atoms with Crippen LogP contribution in [-0.2, 0) is 13.0 Å². The number of hydrogen-bond donors (Lipinski definition) is 0. The number of aromatic nitrogens is 2. The standard InChI is InChI=1S/C29H21N3O2/c33-28(21-11-14-30-15-12-21)17-20-4-3-5-22(16-20)29(34)23-7-9-26-24(18-23)19-32-27(26)10-8-25-6-1-2-13-31-25/h1-16,18H,17,19H2/b10-8+. The van der Waals surface area contributed by atoms with Crippen molar-refractivity contribution in [3.8, 4) is 0 Å². The number of aliphatic imine (C=N–C) groups is 1. The molecular formula is C29H21N3O2. The Labute approximate surface area is 197 Å². The van der Waals surface area contributed by atoms with Crippen LogP contribution in [0.3, 0.4) is 0 Å². The summed E-state index contributed by atoms with van der Waals surface area (Å²) >= 11 is 0. The van der Waals surface area contributed by atoms with Gasteiger partial charge < -0.3 is 0 Å². The first-order valence-corrected chi connectivity index (χ1v) is 11.0. The zero-order valence-corrected chi connectivity index (χ0v) is 18.4. The van der Waals surface area contributed by atoms with Crippen molar-refractivity contribution in [3.63, 3.8) is 0 Å². The van der Waals surface area contributed by atoms with Gasteiger partial charge in [0.1, 0.15) is 0 Å². The molecule has 3 heterocycles. The van der Waals surface area contributed by atoms with Crippen molar-refractivity contribution >= 4 is 23.4 Å². The molecule has 34 heavy (non-hydrogen) atoms. The third kappa shape index (κ3) is 4.64. The van der Waals surface area contributed by atoms with Crippen molar-refractivity contribution in [2.75, 3.05) is 0 Å². The van der Waals surface area contributed by atoms with Crippen molar-refractivity contribution in [2.45, 2.75) is 13.0 Å². The van der Waals surface area contributed by atoms with Crippen molar-refractivity contribution < 1.29 is 9.59 Å². The maximum atomic E-state index is 13.2. The second kappa shape index (κ2) is 9.55. The summed E-state index contributed by atoms with van der Waals surface area (Å²) in [5.41, 5.74) is 6.40. The molecule has 0 unspecified atom stereocenters. The van der Waals surface area contributed by atoms with Gasteiger partial charge >= 0.3 is 0 Å². The van der Waals surface area contributed by atoms with Crippen LogP contribution >= 0.6 is 0 Å². The minimum Gasteiger partial charge on any atom is -0.294 e. The highest BCUT2D eigenvalue weighted by Crippen LogP contribution is 2.23. The molecule has 0 saturated heterocycles. The van der Waals surface area contributed by atoms with Gasteiger partial charge in [0, 0.05) is 47.3 Å². The number of ketones is 2. The van der Waals surface area contributed by atoms with Crippen LogP contribution in [0.4, 0.5) is 0 Å². The van der Waals surface area contributed by atoms with Gasteiger partial charge in [-0.3, -0.25) is 24.5 Å². The molecule has 164 valence electrons. The van der Waals surface area contributed by atoms with Gasteiger partial charge in [-0.2, -0.15) is 0 Å². The van der Waals surface area contributed by atoms with Gasteiger partial charge in [0.25, 0.3) is 0 Å². The average molecular weight is 444 g/mol. The van der Waals surface area contributed by atoms with Gasteiger partial charge in [-0.05, 0) is 59.7 Å². The van der Waals surface area contributed by atoms with Crippen LogP contribution in [0.2, 0.25) is 0 Å². The number of allylic oxidation sites excluding steroid dienone is 1. The Bertz CT molecular complexity index is 1420. The summed E-state index contributed by atoms with van der Waals surface area (Å²) in [5, 5.41) is 0. The minimum atomic E-state index is -0.0708. The van der Waals surface area contributed by atoms with E-state index in [0.717, 1.165) is 28.1 Å². The molecule has 4 aromatic rings. The molecular weight excluding hydrogens is 422 g/mol. The smallest absolute Gasteiger partial charge is 0.193 e. The van der Waals surface area contributed by atoms with Crippen LogP contribution < -0.4 is 0 Å². The molecule has 2 aromatic heterocycles. The number of rotatable bonds is 7. The number of hydrogen-bond acceptors (Lipinski definition) is 5. The Hall–Kier alpha value is -4.51. The van der Waals surface area contributed by atoms with Gasteiger partial charge in [-0.15, -0.1) is 0 Å². The summed E-state index contributed by atoms with van der Waals surface area (Å²) in [6.45, 7) is 0.540. The zero-order valence-electron chi connectivity index (χ0n) is 18.4. The summed E-state index contributed by atoms with van der Waals surface area (Å²) in [7, 11) is 0. The quantitative estimate of drug-likeness (QED) is 0.370. The molecule has 5 heteroatoms. The van der Waals surface area contributed by atoms with E-state index in [9.17, 15) is 9.59 Å². The first-order valence-electron chi connectivity index (χ1n) is 11.0. The molecule has 0 bridgehead atoms. The molecule has 0 N–H and O–H groups in total. The highest BCUT2D eigenvalue weighted by atomic mass is 16.1. The van der Waals surface area contributed by atoms with Crippen molar-refractivity contribution in [1.82, 2.24) is 9.97 Å². The van der Waals surface area contributed by atoms with Gasteiger partial charge in [0.05, 0.1) is 18.0 Å². The first kappa shape index (κ1) is 21.3. The molecule has 0 saturated carbocycles. The number of carbonyl (C=O) groups excluding carboxylic acids is 2. The fourth-order valence-corrected chi connectivity index (χ4v) is 3.97. The van der Waals surface area contributed by atoms with Crippen molar-refractivity contribution in [1.29, 1.82) is 0 Å². The van der Waals surface area contributed by atoms with Gasteiger partial charge in [-0.1, -0.05) is 36.4 Å². The van der Waals surface area contributed by atoms with Crippen LogP contribution in [0.15, 0.2) is 102 Å². The second-order valence-electron chi connectivity index (χ2n) is 8.03. The van der Waals surface area contributed by atoms with Crippen molar-refractivity contribution in [3.05, 3.63) is 137 Å². The Morgan fingerprint density at radius 3 is 2.47 bits per heavy atom. The Balaban J connectivity index is 1.32. The summed E-state index contributed by atoms with van der Waals surface area (Å²) < 4.78 is 0. The van der Waals surface area contributed by atoms with E-state index in [1.165, 1.54) is 0 Å². The molecule has 5 rings (SSSR count). The van der Waals surface area contributed by atoms with E-state index in [2.05, 4.69) is 15.0 Å². The largest absolute Gasteiger partial charge is 0.294 e. The molecule has 1 aliphatic rings. The lowest BCUT2D eigenvalue weighted by molar-refractivity contribution is 0.0990. The highest BCUT2D eigenvalue weighted by molar-refractivity contribution is 6.14. The average Bonchev–Trinajstić information content (AvgIpc) is 3.30. The van der Waals surface area contributed by atoms with E-state index in [1.807, 2.05) is 60.7 Å². The molecule has 5 nitrogen and oxygen atoms in total. The van der Waals surface area contributed by atoms with Crippen LogP contribution in [0.5, 0.6) is 0 Å². The lowest BCUT2D eigenvalue weighted by Gasteiger charge is -2.07. The van der Waals surface area contributed by atoms with E-state index >= 15 is 0 Å². The van der Waals surface area contributed by atoms with Crippen LogP contribution in [0, 0.1) is 0 Å². The van der Waals surface area contributed by atoms with Crippen LogP contribution in [0.1, 0.15) is 48.7 Å². The first-order chi connectivity index (χ1) is 16.7. The molecule has 1 aliphatic heterocycles. The molecule has 0 amide bonds. The fraction of sp³-hybridized carbons (Fsp3) is 0.0690. The summed E-state index contributed by atoms with van der Waals surface area (Å²) in [5.74, 6) is -0.0774. The number of Topliss-reactive ketones (excluding diaryl/α,β-unsaturated/α-hetero) is 1. The van der Waals surface area contributed by atoms with Gasteiger partial charge in [0.15, 0.2) is 11.6 Å². The lowest BCUT2D eigenvalue weighted by Crippen LogP contribution is -2.07. The Morgan fingerprint density at radius 1 is 0.794 bits per heavy atom. The zero-order chi connectivity index (χ0) is 23.3. The lowest BCUT2D eigenvalue weighted by atomic mass is 9.95. The SMILES string of the molecule is O=C(Cc1cccc(C(=O)c2ccc3c(c2)CN=C3/C=C/c2ccccn2)c1)c1ccncc1. The number of pyridine rings is 2. The third-order valence-electron chi connectivity index (χ3n) is 5.72. The molecule has 0 aliphatic carbocycles. The number of nitrogens with zero attached hydrogens (tertiary/aromatic N) is 3. The number of benzene rings is 2. The van der Waals surface area contributed by atoms with E-state index in [0.29, 0.717) is 23.2 Å². The second-order valence-corrected chi connectivity index (χ2v) is 8.03. The minimum absolute atomic E-state index is 0.00651. The van der Waals surface area contributed by atoms with E-state index in [1.54, 1.807) is 42.9 Å². The predicted octanol–water partition coefficient (Wildman–Crippen LogP) is 5.15. The van der Waals surface area contributed by atoms with E-state index in [-0.39, 0.29) is 18.0 Å². The Morgan fingerprint density at radius 2 is 1.65 bits per heavy atom. The van der Waals surface area contributed by atoms with Crippen molar-refractivity contribution in [2.24, 2.45) is 4.99 Å². The Kier molecular flexibility index (Phi) is 5.99. The van der Waals surface area contributed by atoms with Crippen LogP contribution in [-0.4, -0.2) is 27.2 Å². The molecule has 0 spiro atoms. The normalized spacial score (nSPS) is 12.4. The highest BCUT2D eigenvalue weighted by Gasteiger charge is 2.18. The van der Waals surface area contributed by atoms with Crippen LogP contribution in [0.25, 0.3) is 6.08 Å². The summed E-state index contributed by atoms with van der Waals surface area (Å²) in [6.07, 6.45) is 9.08. The third-order valence-corrected chi connectivity index (χ3v) is 5.72. The van der Waals surface area contributed by atoms with E-state index < -0.39 is 0 Å². The maximum absolute atomic E-state index is 13.2. The fourth-order valence-electron chi connectivity index (χ4n) is 3.97. The monoisotopic (exact) mass is 443 g/mol. The van der Waals surface area contributed by atoms with E-state index in [4.69, 9.17) is 0 Å². The molecule has 0 radical (unpaired) electrons. The molecule has 0 fully saturated rings.